The lowest BCUT2D eigenvalue weighted by Crippen LogP contribution is -2.19. The summed E-state index contributed by atoms with van der Waals surface area (Å²) in [6.07, 6.45) is -1.64. The van der Waals surface area contributed by atoms with Crippen LogP contribution in [0.1, 0.15) is 40.0 Å². The summed E-state index contributed by atoms with van der Waals surface area (Å²) in [7, 11) is 8.48. The molecule has 0 amide bonds. The first kappa shape index (κ1) is 104. The highest BCUT2D eigenvalue weighted by Gasteiger charge is 2.30. The maximum Gasteiger partial charge on any atom is 0.422 e. The van der Waals surface area contributed by atoms with E-state index < -0.39 is 52.2 Å². The highest BCUT2D eigenvalue weighted by atomic mass is 127. The third-order valence-electron chi connectivity index (χ3n) is 12.9. The molecule has 0 fully saturated rings. The summed E-state index contributed by atoms with van der Waals surface area (Å²) >= 11 is 44.6. The average Bonchev–Trinajstić information content (AvgIpc) is 0.802. The molecule has 0 aromatic heterocycles. The van der Waals surface area contributed by atoms with E-state index in [1.54, 1.807) is 6.07 Å². The molecule has 0 spiro atoms. The van der Waals surface area contributed by atoms with Gasteiger partial charge in [-0.3, -0.25) is 80.9 Å². The second-order valence-corrected chi connectivity index (χ2v) is 26.9. The van der Waals surface area contributed by atoms with Crippen molar-refractivity contribution in [1.29, 1.82) is 5.26 Å². The van der Waals surface area contributed by atoms with Crippen LogP contribution in [0.2, 0.25) is 30.1 Å². The van der Waals surface area contributed by atoms with E-state index in [2.05, 4.69) is 43.5 Å². The van der Waals surface area contributed by atoms with Crippen LogP contribution in [-0.4, -0.2) is 121 Å². The first-order chi connectivity index (χ1) is 54.5. The van der Waals surface area contributed by atoms with Gasteiger partial charge in [0.15, 0.2) is 19.0 Å². The summed E-state index contributed by atoms with van der Waals surface area (Å²) in [5, 5.41) is 92.9. The number of non-ortho nitro benzene ring substituents is 5. The summed E-state index contributed by atoms with van der Waals surface area (Å²) < 4.78 is 92.5. The van der Waals surface area contributed by atoms with E-state index in [0.29, 0.717) is 70.4 Å². The fraction of sp³-hybridized carbons (Fsp3) is 0.269. The van der Waals surface area contributed by atoms with Gasteiger partial charge in [0.2, 0.25) is 17.2 Å². The van der Waals surface area contributed by atoms with Crippen molar-refractivity contribution in [1.82, 2.24) is 0 Å². The number of unbranched alkanes of at least 4 members (excludes halogenated alkanes) is 1. The summed E-state index contributed by atoms with van der Waals surface area (Å²) in [6, 6.07) is 26.5. The van der Waals surface area contributed by atoms with Crippen LogP contribution in [0.4, 0.5) is 58.7 Å². The third kappa shape index (κ3) is 34.9. The van der Waals surface area contributed by atoms with Crippen LogP contribution in [0.15, 0.2) is 124 Å². The Morgan fingerprint density at radius 3 is 1.06 bits per heavy atom. The smallest absolute Gasteiger partial charge is 0.422 e. The molecule has 116 heavy (non-hydrogen) atoms. The van der Waals surface area contributed by atoms with Gasteiger partial charge in [0.1, 0.15) is 59.4 Å². The zero-order valence-electron chi connectivity index (χ0n) is 61.1. The number of rotatable bonds is 27. The van der Waals surface area contributed by atoms with Crippen LogP contribution in [-0.2, 0) is 0 Å². The van der Waals surface area contributed by atoms with Gasteiger partial charge in [0.05, 0.1) is 135 Å². The predicted molar refractivity (Wildman–Crippen MR) is 445 cm³/mol. The molecule has 0 saturated carbocycles. The van der Waals surface area contributed by atoms with Gasteiger partial charge in [-0.25, -0.2) is 0 Å². The summed E-state index contributed by atoms with van der Waals surface area (Å²) in [5.74, 6) is 3.24. The maximum atomic E-state index is 11.8. The van der Waals surface area contributed by atoms with Gasteiger partial charge in [-0.15, -0.1) is 0 Å². The predicted octanol–water partition coefficient (Wildman–Crippen LogP) is 22.7. The highest BCUT2D eigenvalue weighted by molar-refractivity contribution is 14.1. The standard InChI is InChI=1S/C10H12ClNO3.C9H10ClNO3.C8H7Br2NO4.C8H5ClF3NO3.C8H5ClN2O3.C8H8ClNO4.C8H8ClNO3.C8H7I2NO4/c1-2-3-6-15-10-5-4-8(12(13)14)7-9(10)11;1-2-5-14-9-4-3-7(11(12)13)6-8(9)10;1-14-7-4(9)3-5(11(12)13)8(15-2)6(7)10;9-6-3-5(13(14)15)1-2-7(6)16-4-8(10,11)12;9-7-5-6(11(12)13)1-2-8(7)14-4-3-10;1-13-6-4-3-5(10(11)12)8(14-2)7(6)9;1-2-13-8-4-3-6(10(11)12)5-7(8)9;1-14-7-4(9)3-5(11(12)13)8(15-2)6(7)10/h4-5,7H,2-3,6H2,1H3;3-4,6H,2,5H2,1H3;3H,1-2H3;1-3H,4H2;1-2,5H,4H2;3-4H,1-2H3;3-5H,2H2,1H3;3H,1-2H3. The molecule has 0 heterocycles. The molecule has 0 aliphatic heterocycles. The third-order valence-corrected chi connectivity index (χ3v) is 17.9. The van der Waals surface area contributed by atoms with E-state index in [1.807, 2.05) is 59.0 Å². The number of nitro groups is 8. The Morgan fingerprint density at radius 2 is 0.750 bits per heavy atom. The fourth-order valence-electron chi connectivity index (χ4n) is 7.77. The number of benzene rings is 8. The van der Waals surface area contributed by atoms with Crippen molar-refractivity contribution in [3.63, 3.8) is 0 Å². The number of halogens is 13. The van der Waals surface area contributed by atoms with Crippen molar-refractivity contribution in [2.24, 2.45) is 0 Å². The quantitative estimate of drug-likeness (QED) is 0.0200. The number of nitriles is 1. The minimum absolute atomic E-state index is 0.0102. The molecule has 0 bridgehead atoms. The number of nitrogens with zero attached hydrogens (tertiary/aromatic N) is 9. The van der Waals surface area contributed by atoms with E-state index in [-0.39, 0.29) is 111 Å². The lowest BCUT2D eigenvalue weighted by molar-refractivity contribution is -0.386. The monoisotopic (exact) mass is 2100 g/mol. The molecule has 0 N–H and O–H groups in total. The number of nitro benzene ring substituents is 8. The fourth-order valence-corrected chi connectivity index (χ4v) is 13.1. The SMILES string of the molecule is CCCCOc1ccc([N+](=O)[O-])cc1Cl.CCCOc1ccc([N+](=O)[O-])cc1Cl.CCOc1ccc([N+](=O)[O-])cc1Cl.COc1c(Br)cc([N+](=O)[O-])c(OC)c1Br.COc1c(I)cc([N+](=O)[O-])c(OC)c1I.COc1ccc([N+](=O)[O-])c(OC)c1Cl.N#CCOc1ccc([N+](=O)[O-])cc1Cl.O=[N+]([O-])c1ccc(OCC(F)(F)F)c(Cl)c1. The summed E-state index contributed by atoms with van der Waals surface area (Å²) in [6.45, 7) is 5.82. The average molecular weight is 2110 g/mol. The molecule has 0 unspecified atom stereocenters. The van der Waals surface area contributed by atoms with Crippen LogP contribution in [0.3, 0.4) is 0 Å². The molecule has 8 aromatic carbocycles. The molecule has 0 aliphatic rings. The lowest BCUT2D eigenvalue weighted by Gasteiger charge is -2.10. The Kier molecular flexibility index (Phi) is 48.0. The molecule has 0 radical (unpaired) electrons. The number of ether oxygens (including phenoxy) is 11. The molecule has 8 rings (SSSR count). The minimum Gasteiger partial charge on any atom is -0.495 e. The molecular formula is C67H62Br2Cl6F3I2N9O27. The Bertz CT molecular complexity index is 4710. The van der Waals surface area contributed by atoms with Crippen molar-refractivity contribution in [3.8, 4) is 69.3 Å². The number of alkyl halides is 3. The van der Waals surface area contributed by atoms with Gasteiger partial charge in [0, 0.05) is 78.9 Å². The molecule has 49 heteroatoms. The van der Waals surface area contributed by atoms with Crippen molar-refractivity contribution in [3.05, 3.63) is 242 Å². The van der Waals surface area contributed by atoms with E-state index in [0.717, 1.165) is 37.5 Å². The summed E-state index contributed by atoms with van der Waals surface area (Å²) in [4.78, 5) is 79.5. The van der Waals surface area contributed by atoms with Gasteiger partial charge in [-0.2, -0.15) is 18.4 Å². The van der Waals surface area contributed by atoms with Crippen molar-refractivity contribution < 1.29 is 105 Å². The van der Waals surface area contributed by atoms with Gasteiger partial charge < -0.3 is 52.1 Å². The molecule has 0 atom stereocenters. The van der Waals surface area contributed by atoms with Crippen LogP contribution in [0, 0.1) is 99.4 Å². The summed E-state index contributed by atoms with van der Waals surface area (Å²) in [5.41, 5.74) is -0.874. The number of methoxy groups -OCH3 is 6. The van der Waals surface area contributed by atoms with Crippen molar-refractivity contribution in [2.75, 3.05) is 75.7 Å². The second-order valence-electron chi connectivity index (χ2n) is 20.6. The first-order valence-corrected chi connectivity index (χ1v) is 37.4. The zero-order chi connectivity index (χ0) is 88.4. The normalized spacial score (nSPS) is 9.94. The molecule has 0 aliphatic carbocycles. The Morgan fingerprint density at radius 1 is 0.405 bits per heavy atom. The first-order valence-electron chi connectivity index (χ1n) is 31.4. The van der Waals surface area contributed by atoms with Crippen molar-refractivity contribution in [2.45, 2.75) is 46.2 Å². The van der Waals surface area contributed by atoms with Gasteiger partial charge in [-0.1, -0.05) is 89.9 Å². The Hall–Kier alpha value is -9.80. The number of hydrogen-bond acceptors (Lipinski definition) is 28. The Labute approximate surface area is 729 Å². The lowest BCUT2D eigenvalue weighted by atomic mass is 10.3. The highest BCUT2D eigenvalue weighted by Crippen LogP contribution is 2.47. The zero-order valence-corrected chi connectivity index (χ0v) is 73.1. The van der Waals surface area contributed by atoms with Crippen molar-refractivity contribution >= 4 is 192 Å². The topological polar surface area (TPSA) is 470 Å². The van der Waals surface area contributed by atoms with Crippen LogP contribution < -0.4 is 52.1 Å². The maximum absolute atomic E-state index is 11.8. The molecule has 628 valence electrons. The molecular weight excluding hydrogens is 2050 g/mol. The molecule has 0 saturated heterocycles. The second kappa shape index (κ2) is 53.4. The van der Waals surface area contributed by atoms with E-state index >= 15 is 0 Å². The van der Waals surface area contributed by atoms with Crippen LogP contribution >= 0.6 is 147 Å². The Balaban J connectivity index is 0.000000663. The number of hydrogen-bond donors (Lipinski definition) is 0. The van der Waals surface area contributed by atoms with Crippen LogP contribution in [0.5, 0.6) is 63.2 Å². The van der Waals surface area contributed by atoms with Gasteiger partial charge in [0.25, 0.3) is 28.4 Å². The molecule has 36 nitrogen and oxygen atoms in total. The largest absolute Gasteiger partial charge is 0.495 e. The minimum atomic E-state index is -4.48. The van der Waals surface area contributed by atoms with E-state index in [9.17, 15) is 94.1 Å². The van der Waals surface area contributed by atoms with E-state index in [1.165, 1.54) is 140 Å². The van der Waals surface area contributed by atoms with E-state index in [4.69, 9.17) is 122 Å². The van der Waals surface area contributed by atoms with Gasteiger partial charge >= 0.3 is 23.2 Å². The van der Waals surface area contributed by atoms with Crippen LogP contribution in [0.25, 0.3) is 0 Å². The van der Waals surface area contributed by atoms with Gasteiger partial charge in [-0.05, 0) is 133 Å². The molecule has 8 aromatic rings.